The van der Waals surface area contributed by atoms with E-state index in [-0.39, 0.29) is 25.3 Å². The number of cyclic esters (lactones) is 1. The molecule has 11 nitrogen and oxygen atoms in total. The molecule has 270 valence electrons. The number of allylic oxidation sites excluding steroid dienone is 1. The van der Waals surface area contributed by atoms with Crippen molar-refractivity contribution in [1.29, 1.82) is 0 Å². The standard InChI is InChI=1S/C41H43N3O8/c1-26-36(28-14-7-4-8-15-28)51-40(49)34-32(16-9-10-17-33(46)42-26)52-41-22-11-23-43(29-18-20-31(50-2)21-19-29)39(48)37(41)44(38(47)35(34)41)30(25-45)24-27-12-5-3-6-13-27/h3-9,11-16,18-22,26,30,32,34-37,45H,10,17,23-25H2,1-2H3,(H,42,46)/b16-9-/t26-,30-,32-,34+,35+,36+,37-,41+/m1/s1. The summed E-state index contributed by atoms with van der Waals surface area (Å²) in [5.74, 6) is -3.41. The van der Waals surface area contributed by atoms with E-state index in [1.807, 2.05) is 60.7 Å². The first-order valence-corrected chi connectivity index (χ1v) is 17.7. The van der Waals surface area contributed by atoms with Crippen LogP contribution in [-0.4, -0.2) is 83.8 Å². The molecule has 2 N–H and O–H groups in total. The van der Waals surface area contributed by atoms with Crippen molar-refractivity contribution in [3.05, 3.63) is 120 Å². The number of ether oxygens (including phenoxy) is 3. The predicted molar refractivity (Wildman–Crippen MR) is 192 cm³/mol. The number of rotatable bonds is 7. The molecule has 11 heteroatoms. The molecule has 4 aliphatic rings. The molecule has 0 saturated carbocycles. The van der Waals surface area contributed by atoms with Crippen molar-refractivity contribution in [2.24, 2.45) is 11.8 Å². The van der Waals surface area contributed by atoms with Gasteiger partial charge in [-0.2, -0.15) is 0 Å². The Morgan fingerprint density at radius 2 is 1.65 bits per heavy atom. The molecule has 3 amide bonds. The number of carbonyl (C=O) groups excluding carboxylic acids is 4. The lowest BCUT2D eigenvalue weighted by Crippen LogP contribution is -2.58. The number of amides is 3. The average Bonchev–Trinajstić information content (AvgIpc) is 3.55. The van der Waals surface area contributed by atoms with E-state index in [4.69, 9.17) is 14.2 Å². The molecule has 3 aromatic carbocycles. The van der Waals surface area contributed by atoms with Crippen molar-refractivity contribution in [2.75, 3.05) is 25.2 Å². The molecule has 1 spiro atoms. The number of anilines is 1. The number of methoxy groups -OCH3 is 1. The van der Waals surface area contributed by atoms with E-state index in [1.54, 1.807) is 67.5 Å². The quantitative estimate of drug-likeness (QED) is 0.279. The minimum absolute atomic E-state index is 0.182. The Morgan fingerprint density at radius 3 is 2.35 bits per heavy atom. The molecular weight excluding hydrogens is 662 g/mol. The summed E-state index contributed by atoms with van der Waals surface area (Å²) in [6, 6.07) is 23.1. The summed E-state index contributed by atoms with van der Waals surface area (Å²) in [5.41, 5.74) is 0.576. The Bertz CT molecular complexity index is 1850. The van der Waals surface area contributed by atoms with Gasteiger partial charge in [0.2, 0.25) is 11.8 Å². The first kappa shape index (κ1) is 35.2. The van der Waals surface area contributed by atoms with Gasteiger partial charge in [-0.05, 0) is 55.2 Å². The number of aliphatic hydroxyl groups is 1. The van der Waals surface area contributed by atoms with E-state index in [9.17, 15) is 14.7 Å². The van der Waals surface area contributed by atoms with Crippen molar-refractivity contribution >= 4 is 29.4 Å². The van der Waals surface area contributed by atoms with Crippen LogP contribution in [-0.2, 0) is 35.1 Å². The summed E-state index contributed by atoms with van der Waals surface area (Å²) in [7, 11) is 1.56. The van der Waals surface area contributed by atoms with Gasteiger partial charge in [0.25, 0.3) is 5.91 Å². The number of aliphatic hydroxyl groups excluding tert-OH is 1. The molecule has 52 heavy (non-hydrogen) atoms. The molecule has 8 atom stereocenters. The van der Waals surface area contributed by atoms with Crippen molar-refractivity contribution in [1.82, 2.24) is 10.2 Å². The highest BCUT2D eigenvalue weighted by Crippen LogP contribution is 2.54. The van der Waals surface area contributed by atoms with Gasteiger partial charge in [-0.25, -0.2) is 0 Å². The van der Waals surface area contributed by atoms with E-state index < -0.39 is 72.2 Å². The third kappa shape index (κ3) is 6.39. The number of nitrogens with zero attached hydrogens (tertiary/aromatic N) is 2. The van der Waals surface area contributed by atoms with Crippen molar-refractivity contribution in [2.45, 2.75) is 62.1 Å². The fraction of sp³-hybridized carbons (Fsp3) is 0.366. The van der Waals surface area contributed by atoms with Crippen LogP contribution < -0.4 is 15.0 Å². The third-order valence-electron chi connectivity index (χ3n) is 10.6. The van der Waals surface area contributed by atoms with Crippen LogP contribution >= 0.6 is 0 Å². The molecule has 7 rings (SSSR count). The van der Waals surface area contributed by atoms with Gasteiger partial charge < -0.3 is 34.4 Å². The van der Waals surface area contributed by atoms with E-state index in [2.05, 4.69) is 5.32 Å². The van der Waals surface area contributed by atoms with Gasteiger partial charge in [0.05, 0.1) is 37.8 Å². The zero-order valence-electron chi connectivity index (χ0n) is 29.2. The zero-order chi connectivity index (χ0) is 36.4. The lowest BCUT2D eigenvalue weighted by atomic mass is 9.77. The van der Waals surface area contributed by atoms with Crippen LogP contribution in [0, 0.1) is 11.8 Å². The van der Waals surface area contributed by atoms with Gasteiger partial charge in [-0.1, -0.05) is 85.0 Å². The van der Waals surface area contributed by atoms with Crippen LogP contribution in [0.25, 0.3) is 0 Å². The highest BCUT2D eigenvalue weighted by atomic mass is 16.6. The summed E-state index contributed by atoms with van der Waals surface area (Å²) in [6.45, 7) is 1.54. The second-order valence-corrected chi connectivity index (χ2v) is 13.8. The highest BCUT2D eigenvalue weighted by Gasteiger charge is 2.72. The molecule has 0 aliphatic carbocycles. The molecule has 2 fully saturated rings. The Kier molecular flexibility index (Phi) is 9.98. The van der Waals surface area contributed by atoms with Crippen LogP contribution in [0.15, 0.2) is 109 Å². The SMILES string of the molecule is COc1ccc(N2CC=C[C@]34O[C@@H]5/C=C\CCC(=O)N[C@H](C)[C@@H](c6ccccc6)OC(=O)[C@@H]5[C@H]3C(=O)N([C@@H](CO)Cc3ccccc3)[C@@H]4C2=O)cc1. The van der Waals surface area contributed by atoms with Crippen molar-refractivity contribution in [3.63, 3.8) is 0 Å². The minimum atomic E-state index is -1.57. The summed E-state index contributed by atoms with van der Waals surface area (Å²) >= 11 is 0. The molecule has 4 aliphatic heterocycles. The van der Waals surface area contributed by atoms with Gasteiger partial charge in [-0.15, -0.1) is 0 Å². The molecule has 4 heterocycles. The maximum absolute atomic E-state index is 15.1. The summed E-state index contributed by atoms with van der Waals surface area (Å²) < 4.78 is 18.5. The number of hydrogen-bond donors (Lipinski definition) is 2. The van der Waals surface area contributed by atoms with Crippen LogP contribution in [0.4, 0.5) is 5.69 Å². The smallest absolute Gasteiger partial charge is 0.313 e. The summed E-state index contributed by atoms with van der Waals surface area (Å²) in [4.78, 5) is 60.6. The third-order valence-corrected chi connectivity index (χ3v) is 10.6. The zero-order valence-corrected chi connectivity index (χ0v) is 29.2. The van der Waals surface area contributed by atoms with Crippen LogP contribution in [0.5, 0.6) is 5.75 Å². The molecule has 3 aromatic rings. The number of esters is 1. The molecule has 2 saturated heterocycles. The molecule has 0 radical (unpaired) electrons. The van der Waals surface area contributed by atoms with Gasteiger partial charge in [0.1, 0.15) is 29.4 Å². The van der Waals surface area contributed by atoms with Crippen molar-refractivity contribution in [3.8, 4) is 5.75 Å². The molecule has 0 aromatic heterocycles. The molecule has 0 bridgehead atoms. The fourth-order valence-electron chi connectivity index (χ4n) is 8.17. The van der Waals surface area contributed by atoms with E-state index in [0.29, 0.717) is 23.4 Å². The Labute approximate surface area is 302 Å². The Morgan fingerprint density at radius 1 is 0.942 bits per heavy atom. The van der Waals surface area contributed by atoms with Crippen LogP contribution in [0.1, 0.15) is 37.0 Å². The monoisotopic (exact) mass is 705 g/mol. The normalized spacial score (nSPS) is 30.1. The second kappa shape index (κ2) is 14.8. The first-order chi connectivity index (χ1) is 25.3. The first-order valence-electron chi connectivity index (χ1n) is 17.7. The Hall–Kier alpha value is -5.26. The minimum Gasteiger partial charge on any atom is -0.497 e. The lowest BCUT2D eigenvalue weighted by Gasteiger charge is -2.38. The number of benzene rings is 3. The maximum Gasteiger partial charge on any atom is 0.313 e. The number of fused-ring (bicyclic) bond motifs is 2. The van der Waals surface area contributed by atoms with Crippen LogP contribution in [0.2, 0.25) is 0 Å². The lowest BCUT2D eigenvalue weighted by molar-refractivity contribution is -0.161. The van der Waals surface area contributed by atoms with Gasteiger partial charge in [0, 0.05) is 18.7 Å². The van der Waals surface area contributed by atoms with E-state index in [1.165, 1.54) is 4.90 Å². The largest absolute Gasteiger partial charge is 0.497 e. The number of nitrogens with one attached hydrogen (secondary N) is 1. The number of hydrogen-bond acceptors (Lipinski definition) is 8. The van der Waals surface area contributed by atoms with E-state index in [0.717, 1.165) is 5.56 Å². The van der Waals surface area contributed by atoms with Crippen LogP contribution in [0.3, 0.4) is 0 Å². The molecular formula is C41H43N3O8. The maximum atomic E-state index is 15.1. The second-order valence-electron chi connectivity index (χ2n) is 13.8. The van der Waals surface area contributed by atoms with Gasteiger partial charge >= 0.3 is 5.97 Å². The Balaban J connectivity index is 1.34. The van der Waals surface area contributed by atoms with Crippen molar-refractivity contribution < 1.29 is 38.5 Å². The van der Waals surface area contributed by atoms with Gasteiger partial charge in [0.15, 0.2) is 0 Å². The molecule has 0 unspecified atom stereocenters. The van der Waals surface area contributed by atoms with Gasteiger partial charge in [-0.3, -0.25) is 19.2 Å². The predicted octanol–water partition coefficient (Wildman–Crippen LogP) is 3.92. The topological polar surface area (TPSA) is 135 Å². The van der Waals surface area contributed by atoms with E-state index >= 15 is 9.59 Å². The fourth-order valence-corrected chi connectivity index (χ4v) is 8.17. The number of likely N-dealkylation sites (tertiary alicyclic amines) is 1. The summed E-state index contributed by atoms with van der Waals surface area (Å²) in [5, 5.41) is 13.9. The highest BCUT2D eigenvalue weighted by molar-refractivity contribution is 6.05. The number of carbonyl (C=O) groups is 4. The average molecular weight is 706 g/mol. The summed E-state index contributed by atoms with van der Waals surface area (Å²) in [6.07, 6.45) is 6.09.